The molecular weight excluding hydrogens is 250 g/mol. The summed E-state index contributed by atoms with van der Waals surface area (Å²) in [6.07, 6.45) is 0. The molecule has 0 unspecified atom stereocenters. The number of allylic oxidation sites excluding steroid dienone is 2. The van der Waals surface area contributed by atoms with Crippen LogP contribution in [0.15, 0.2) is 54.2 Å². The fourth-order valence-electron chi connectivity index (χ4n) is 2.48. The van der Waals surface area contributed by atoms with Crippen molar-refractivity contribution in [2.75, 3.05) is 0 Å². The Kier molecular flexibility index (Phi) is 2.75. The van der Waals surface area contributed by atoms with Crippen molar-refractivity contribution >= 4 is 17.1 Å². The van der Waals surface area contributed by atoms with Gasteiger partial charge in [-0.3, -0.25) is 9.59 Å². The van der Waals surface area contributed by atoms with Crippen LogP contribution < -0.4 is 5.73 Å². The number of hydrogen-bond donors (Lipinski definition) is 1. The number of fused-ring (bicyclic) bond motifs is 1. The largest absolute Gasteiger partial charge is 0.395 e. The van der Waals surface area contributed by atoms with E-state index in [1.807, 2.05) is 25.1 Å². The van der Waals surface area contributed by atoms with Crippen molar-refractivity contribution in [3.8, 4) is 0 Å². The first kappa shape index (κ1) is 12.4. The Hall–Kier alpha value is -2.68. The molecule has 2 aromatic rings. The van der Waals surface area contributed by atoms with E-state index in [1.54, 1.807) is 30.3 Å². The van der Waals surface area contributed by atoms with Crippen molar-refractivity contribution in [3.63, 3.8) is 0 Å². The van der Waals surface area contributed by atoms with Crippen LogP contribution in [-0.2, 0) is 0 Å². The number of ketones is 2. The van der Waals surface area contributed by atoms with E-state index in [0.29, 0.717) is 22.3 Å². The molecule has 0 aliphatic heterocycles. The predicted octanol–water partition coefficient (Wildman–Crippen LogP) is 2.74. The number of benzene rings is 2. The van der Waals surface area contributed by atoms with Gasteiger partial charge in [-0.15, -0.1) is 0 Å². The molecule has 0 amide bonds. The maximum Gasteiger partial charge on any atom is 0.210 e. The molecule has 0 saturated carbocycles. The van der Waals surface area contributed by atoms with Gasteiger partial charge in [0.25, 0.3) is 0 Å². The maximum absolute atomic E-state index is 12.6. The van der Waals surface area contributed by atoms with E-state index in [9.17, 15) is 9.59 Å². The van der Waals surface area contributed by atoms with Crippen molar-refractivity contribution in [1.29, 1.82) is 0 Å². The van der Waals surface area contributed by atoms with E-state index in [0.717, 1.165) is 5.56 Å². The lowest BCUT2D eigenvalue weighted by Crippen LogP contribution is -2.25. The zero-order valence-electron chi connectivity index (χ0n) is 11.0. The molecule has 0 fully saturated rings. The Labute approximate surface area is 116 Å². The quantitative estimate of drug-likeness (QED) is 0.860. The predicted molar refractivity (Wildman–Crippen MR) is 77.4 cm³/mol. The van der Waals surface area contributed by atoms with Gasteiger partial charge in [-0.25, -0.2) is 0 Å². The average Bonchev–Trinajstić information content (AvgIpc) is 2.45. The molecule has 0 heterocycles. The van der Waals surface area contributed by atoms with Gasteiger partial charge in [-0.05, 0) is 12.5 Å². The molecule has 3 rings (SSSR count). The first-order valence-electron chi connectivity index (χ1n) is 6.35. The van der Waals surface area contributed by atoms with E-state index >= 15 is 0 Å². The third-order valence-corrected chi connectivity index (χ3v) is 3.46. The van der Waals surface area contributed by atoms with Gasteiger partial charge in [0.15, 0.2) is 5.78 Å². The van der Waals surface area contributed by atoms with Crippen LogP contribution >= 0.6 is 0 Å². The lowest BCUT2D eigenvalue weighted by Gasteiger charge is -2.18. The molecule has 0 radical (unpaired) electrons. The van der Waals surface area contributed by atoms with Gasteiger partial charge >= 0.3 is 0 Å². The fraction of sp³-hybridized carbons (Fsp3) is 0.0588. The van der Waals surface area contributed by atoms with Crippen LogP contribution in [0.3, 0.4) is 0 Å². The lowest BCUT2D eigenvalue weighted by molar-refractivity contribution is 0.0990. The third kappa shape index (κ3) is 1.75. The van der Waals surface area contributed by atoms with E-state index in [2.05, 4.69) is 0 Å². The summed E-state index contributed by atoms with van der Waals surface area (Å²) in [5.74, 6) is -0.472. The molecule has 0 atom stereocenters. The number of hydrogen-bond acceptors (Lipinski definition) is 3. The molecule has 0 spiro atoms. The van der Waals surface area contributed by atoms with Gasteiger partial charge in [0, 0.05) is 11.1 Å². The number of carbonyl (C=O) groups is 2. The third-order valence-electron chi connectivity index (χ3n) is 3.46. The Bertz CT molecular complexity index is 772. The summed E-state index contributed by atoms with van der Waals surface area (Å²) in [5.41, 5.74) is 8.76. The summed E-state index contributed by atoms with van der Waals surface area (Å²) in [4.78, 5) is 24.9. The van der Waals surface area contributed by atoms with E-state index in [4.69, 9.17) is 5.73 Å². The second kappa shape index (κ2) is 4.46. The molecule has 20 heavy (non-hydrogen) atoms. The van der Waals surface area contributed by atoms with Crippen molar-refractivity contribution in [1.82, 2.24) is 0 Å². The van der Waals surface area contributed by atoms with Crippen LogP contribution in [0.25, 0.3) is 5.57 Å². The standard InChI is InChI=1S/C17H13NO2/c1-10-5-4-6-11(9-10)14-15(18)17(20)13-8-3-2-7-12(13)16(14)19/h2-9H,18H2,1H3. The molecule has 3 heteroatoms. The second-order valence-electron chi connectivity index (χ2n) is 4.86. The fourth-order valence-corrected chi connectivity index (χ4v) is 2.48. The number of rotatable bonds is 1. The first-order chi connectivity index (χ1) is 9.59. The van der Waals surface area contributed by atoms with Crippen LogP contribution in [0.2, 0.25) is 0 Å². The molecule has 98 valence electrons. The highest BCUT2D eigenvalue weighted by atomic mass is 16.1. The van der Waals surface area contributed by atoms with Crippen LogP contribution in [-0.4, -0.2) is 11.6 Å². The highest BCUT2D eigenvalue weighted by Gasteiger charge is 2.31. The SMILES string of the molecule is Cc1cccc(C2=C(N)C(=O)c3ccccc3C2=O)c1. The number of nitrogens with two attached hydrogens (primary N) is 1. The number of aryl methyl sites for hydroxylation is 1. The number of Topliss-reactive ketones (excluding diaryl/α,β-unsaturated/α-hetero) is 2. The molecule has 3 nitrogen and oxygen atoms in total. The Balaban J connectivity index is 2.24. The smallest absolute Gasteiger partial charge is 0.210 e. The molecule has 1 aliphatic carbocycles. The van der Waals surface area contributed by atoms with Gasteiger partial charge in [-0.1, -0.05) is 54.1 Å². The van der Waals surface area contributed by atoms with Crippen LogP contribution in [0.1, 0.15) is 31.8 Å². The Morgan fingerprint density at radius 1 is 0.850 bits per heavy atom. The summed E-state index contributed by atoms with van der Waals surface area (Å²) in [7, 11) is 0. The summed E-state index contributed by atoms with van der Waals surface area (Å²) in [5, 5.41) is 0. The molecular formula is C17H13NO2. The van der Waals surface area contributed by atoms with Gasteiger partial charge in [0.05, 0.1) is 11.3 Å². The summed E-state index contributed by atoms with van der Waals surface area (Å²) < 4.78 is 0. The molecule has 1 aliphatic rings. The Morgan fingerprint density at radius 2 is 1.50 bits per heavy atom. The lowest BCUT2D eigenvalue weighted by atomic mass is 9.84. The maximum atomic E-state index is 12.6. The van der Waals surface area contributed by atoms with Crippen LogP contribution in [0.4, 0.5) is 0 Å². The van der Waals surface area contributed by atoms with Crippen molar-refractivity contribution < 1.29 is 9.59 Å². The van der Waals surface area contributed by atoms with Crippen molar-refractivity contribution in [2.45, 2.75) is 6.92 Å². The minimum atomic E-state index is -0.281. The highest BCUT2D eigenvalue weighted by molar-refractivity contribution is 6.40. The van der Waals surface area contributed by atoms with Crippen molar-refractivity contribution in [2.24, 2.45) is 5.73 Å². The summed E-state index contributed by atoms with van der Waals surface area (Å²) >= 11 is 0. The average molecular weight is 263 g/mol. The summed E-state index contributed by atoms with van der Waals surface area (Å²) in [6, 6.07) is 14.2. The second-order valence-corrected chi connectivity index (χ2v) is 4.86. The first-order valence-corrected chi connectivity index (χ1v) is 6.35. The summed E-state index contributed by atoms with van der Waals surface area (Å²) in [6.45, 7) is 1.93. The molecule has 2 N–H and O–H groups in total. The van der Waals surface area contributed by atoms with Crippen LogP contribution in [0.5, 0.6) is 0 Å². The van der Waals surface area contributed by atoms with Gasteiger partial charge in [0.1, 0.15) is 0 Å². The normalized spacial score (nSPS) is 14.4. The van der Waals surface area contributed by atoms with Crippen molar-refractivity contribution in [3.05, 3.63) is 76.5 Å². The minimum Gasteiger partial charge on any atom is -0.395 e. The highest BCUT2D eigenvalue weighted by Crippen LogP contribution is 2.30. The topological polar surface area (TPSA) is 60.2 Å². The van der Waals surface area contributed by atoms with Gasteiger partial charge in [-0.2, -0.15) is 0 Å². The minimum absolute atomic E-state index is 0.0271. The van der Waals surface area contributed by atoms with Gasteiger partial charge < -0.3 is 5.73 Å². The van der Waals surface area contributed by atoms with E-state index < -0.39 is 0 Å². The zero-order valence-corrected chi connectivity index (χ0v) is 11.0. The molecule has 0 saturated heterocycles. The van der Waals surface area contributed by atoms with E-state index in [-0.39, 0.29) is 17.3 Å². The molecule has 0 aromatic heterocycles. The Morgan fingerprint density at radius 3 is 2.15 bits per heavy atom. The van der Waals surface area contributed by atoms with Gasteiger partial charge in [0.2, 0.25) is 5.78 Å². The molecule has 0 bridgehead atoms. The van der Waals surface area contributed by atoms with Crippen LogP contribution in [0, 0.1) is 6.92 Å². The monoisotopic (exact) mass is 263 g/mol. The zero-order chi connectivity index (χ0) is 14.3. The number of carbonyl (C=O) groups excluding carboxylic acids is 2. The molecule has 2 aromatic carbocycles. The van der Waals surface area contributed by atoms with E-state index in [1.165, 1.54) is 0 Å².